The van der Waals surface area contributed by atoms with Crippen LogP contribution in [-0.4, -0.2) is 11.7 Å². The molecule has 4 heteroatoms. The minimum Gasteiger partial charge on any atom is -0.496 e. The van der Waals surface area contributed by atoms with E-state index in [0.29, 0.717) is 0 Å². The second-order valence-electron chi connectivity index (χ2n) is 5.20. The smallest absolute Gasteiger partial charge is 0.269 e. The van der Waals surface area contributed by atoms with Crippen LogP contribution >= 0.6 is 0 Å². The van der Waals surface area contributed by atoms with Crippen molar-refractivity contribution < 1.29 is 4.74 Å². The number of aryl methyl sites for hydroxylation is 1. The normalized spacial score (nSPS) is 10.5. The van der Waals surface area contributed by atoms with E-state index in [-0.39, 0.29) is 17.2 Å². The summed E-state index contributed by atoms with van der Waals surface area (Å²) in [6.45, 7) is 5.83. The van der Waals surface area contributed by atoms with E-state index < -0.39 is 0 Å². The monoisotopic (exact) mass is 282 g/mol. The summed E-state index contributed by atoms with van der Waals surface area (Å²) in [6, 6.07) is 11.1. The molecule has 2 rings (SSSR count). The van der Waals surface area contributed by atoms with Crippen molar-refractivity contribution in [2.24, 2.45) is 0 Å². The van der Waals surface area contributed by atoms with E-state index in [4.69, 9.17) is 10.00 Å². The Hall–Kier alpha value is -2.54. The highest BCUT2D eigenvalue weighted by Crippen LogP contribution is 2.27. The molecule has 0 saturated heterocycles. The van der Waals surface area contributed by atoms with Crippen LogP contribution in [0.15, 0.2) is 35.1 Å². The Morgan fingerprint density at radius 3 is 2.48 bits per heavy atom. The number of methoxy groups -OCH3 is 1. The number of benzene rings is 1. The van der Waals surface area contributed by atoms with Gasteiger partial charge in [-0.05, 0) is 62.2 Å². The fraction of sp³-hybridized carbons (Fsp3) is 0.294. The molecule has 0 unspecified atom stereocenters. The molecule has 0 spiro atoms. The summed E-state index contributed by atoms with van der Waals surface area (Å²) in [5.41, 5.74) is 2.65. The number of aromatic nitrogens is 1. The van der Waals surface area contributed by atoms with Crippen molar-refractivity contribution in [3.05, 3.63) is 51.8 Å². The molecule has 0 atom stereocenters. The maximum Gasteiger partial charge on any atom is 0.269 e. The van der Waals surface area contributed by atoms with Crippen LogP contribution in [0.25, 0.3) is 11.3 Å². The summed E-state index contributed by atoms with van der Waals surface area (Å²) in [6.07, 6.45) is 0. The molecule has 108 valence electrons. The van der Waals surface area contributed by atoms with Crippen molar-refractivity contribution in [2.45, 2.75) is 26.8 Å². The van der Waals surface area contributed by atoms with Gasteiger partial charge in [-0.2, -0.15) is 5.26 Å². The van der Waals surface area contributed by atoms with E-state index in [2.05, 4.69) is 0 Å². The van der Waals surface area contributed by atoms with E-state index in [1.165, 1.54) is 0 Å². The SMILES string of the molecule is COc1ccc(-c2ccc(C#N)c(=O)n2C(C)C)cc1C. The largest absolute Gasteiger partial charge is 0.496 e. The van der Waals surface area contributed by atoms with E-state index >= 15 is 0 Å². The fourth-order valence-corrected chi connectivity index (χ4v) is 2.42. The number of rotatable bonds is 3. The van der Waals surface area contributed by atoms with Gasteiger partial charge in [0.05, 0.1) is 12.8 Å². The molecule has 0 saturated carbocycles. The van der Waals surface area contributed by atoms with Crippen LogP contribution in [0.5, 0.6) is 5.75 Å². The van der Waals surface area contributed by atoms with Gasteiger partial charge in [0, 0.05) is 6.04 Å². The van der Waals surface area contributed by atoms with Gasteiger partial charge >= 0.3 is 0 Å². The molecule has 1 heterocycles. The summed E-state index contributed by atoms with van der Waals surface area (Å²) in [5, 5.41) is 9.02. The Bertz CT molecular complexity index is 767. The number of hydrogen-bond acceptors (Lipinski definition) is 3. The van der Waals surface area contributed by atoms with Crippen molar-refractivity contribution in [1.82, 2.24) is 4.57 Å². The van der Waals surface area contributed by atoms with Crippen LogP contribution in [0.2, 0.25) is 0 Å². The van der Waals surface area contributed by atoms with Gasteiger partial charge in [-0.25, -0.2) is 0 Å². The lowest BCUT2D eigenvalue weighted by atomic mass is 10.1. The molecule has 0 aliphatic carbocycles. The average molecular weight is 282 g/mol. The summed E-state index contributed by atoms with van der Waals surface area (Å²) in [7, 11) is 1.63. The Morgan fingerprint density at radius 2 is 1.95 bits per heavy atom. The van der Waals surface area contributed by atoms with Gasteiger partial charge in [0.15, 0.2) is 0 Å². The Balaban J connectivity index is 2.70. The quantitative estimate of drug-likeness (QED) is 0.868. The average Bonchev–Trinajstić information content (AvgIpc) is 2.46. The molecule has 21 heavy (non-hydrogen) atoms. The zero-order valence-corrected chi connectivity index (χ0v) is 12.7. The third-order valence-corrected chi connectivity index (χ3v) is 3.44. The van der Waals surface area contributed by atoms with Gasteiger partial charge in [-0.3, -0.25) is 4.79 Å². The molecule has 0 fully saturated rings. The Labute approximate surface area is 124 Å². The molecule has 1 aromatic carbocycles. The second kappa shape index (κ2) is 5.84. The first kappa shape index (κ1) is 14.9. The predicted molar refractivity (Wildman–Crippen MR) is 82.5 cm³/mol. The van der Waals surface area contributed by atoms with E-state index in [9.17, 15) is 4.79 Å². The predicted octanol–water partition coefficient (Wildman–Crippen LogP) is 3.28. The second-order valence-corrected chi connectivity index (χ2v) is 5.20. The zero-order chi connectivity index (χ0) is 15.6. The topological polar surface area (TPSA) is 55.0 Å². The van der Waals surface area contributed by atoms with Crippen molar-refractivity contribution in [3.8, 4) is 23.1 Å². The van der Waals surface area contributed by atoms with Crippen LogP contribution in [0.1, 0.15) is 31.0 Å². The summed E-state index contributed by atoms with van der Waals surface area (Å²) in [5.74, 6) is 0.811. The molecule has 0 amide bonds. The molecule has 0 bridgehead atoms. The number of ether oxygens (including phenoxy) is 1. The maximum atomic E-state index is 12.4. The van der Waals surface area contributed by atoms with Crippen LogP contribution < -0.4 is 10.3 Å². The minimum absolute atomic E-state index is 0.0248. The molecule has 0 radical (unpaired) electrons. The first-order valence-corrected chi connectivity index (χ1v) is 6.80. The molecule has 0 aliphatic rings. The van der Waals surface area contributed by atoms with Crippen LogP contribution in [0.3, 0.4) is 0 Å². The lowest BCUT2D eigenvalue weighted by molar-refractivity contribution is 0.412. The van der Waals surface area contributed by atoms with Crippen molar-refractivity contribution in [2.75, 3.05) is 7.11 Å². The Morgan fingerprint density at radius 1 is 1.24 bits per heavy atom. The number of hydrogen-bond donors (Lipinski definition) is 0. The van der Waals surface area contributed by atoms with E-state index in [0.717, 1.165) is 22.6 Å². The van der Waals surface area contributed by atoms with Crippen LogP contribution in [0, 0.1) is 18.3 Å². The van der Waals surface area contributed by atoms with Crippen molar-refractivity contribution in [3.63, 3.8) is 0 Å². The van der Waals surface area contributed by atoms with Crippen molar-refractivity contribution in [1.29, 1.82) is 5.26 Å². The summed E-state index contributed by atoms with van der Waals surface area (Å²) in [4.78, 5) is 12.4. The summed E-state index contributed by atoms with van der Waals surface area (Å²) < 4.78 is 6.91. The Kier molecular flexibility index (Phi) is 4.13. The number of nitriles is 1. The molecule has 0 N–H and O–H groups in total. The molecule has 0 aliphatic heterocycles. The van der Waals surface area contributed by atoms with Gasteiger partial charge < -0.3 is 9.30 Å². The van der Waals surface area contributed by atoms with Gasteiger partial charge in [0.1, 0.15) is 17.4 Å². The lowest BCUT2D eigenvalue weighted by Crippen LogP contribution is -2.25. The lowest BCUT2D eigenvalue weighted by Gasteiger charge is -2.17. The third-order valence-electron chi connectivity index (χ3n) is 3.44. The first-order chi connectivity index (χ1) is 9.99. The molecule has 2 aromatic rings. The maximum absolute atomic E-state index is 12.4. The van der Waals surface area contributed by atoms with Gasteiger partial charge in [-0.1, -0.05) is 0 Å². The first-order valence-electron chi connectivity index (χ1n) is 6.80. The molecule has 1 aromatic heterocycles. The van der Waals surface area contributed by atoms with E-state index in [1.54, 1.807) is 17.7 Å². The number of nitrogens with zero attached hydrogens (tertiary/aromatic N) is 2. The fourth-order valence-electron chi connectivity index (χ4n) is 2.42. The van der Waals surface area contributed by atoms with E-state index in [1.807, 2.05) is 51.1 Å². The van der Waals surface area contributed by atoms with Gasteiger partial charge in [0.25, 0.3) is 5.56 Å². The highest BCUT2D eigenvalue weighted by atomic mass is 16.5. The van der Waals surface area contributed by atoms with Gasteiger partial charge in [0.2, 0.25) is 0 Å². The molecular weight excluding hydrogens is 264 g/mol. The molecule has 4 nitrogen and oxygen atoms in total. The highest BCUT2D eigenvalue weighted by molar-refractivity contribution is 5.63. The third kappa shape index (κ3) is 2.68. The highest BCUT2D eigenvalue weighted by Gasteiger charge is 2.13. The van der Waals surface area contributed by atoms with Crippen LogP contribution in [-0.2, 0) is 0 Å². The molecular formula is C17H18N2O2. The number of pyridine rings is 1. The van der Waals surface area contributed by atoms with Crippen LogP contribution in [0.4, 0.5) is 0 Å². The van der Waals surface area contributed by atoms with Crippen molar-refractivity contribution >= 4 is 0 Å². The van der Waals surface area contributed by atoms with Gasteiger partial charge in [-0.15, -0.1) is 0 Å². The zero-order valence-electron chi connectivity index (χ0n) is 12.7. The minimum atomic E-state index is -0.251. The summed E-state index contributed by atoms with van der Waals surface area (Å²) >= 11 is 0. The standard InChI is InChI=1S/C17H18N2O2/c1-11(2)19-15(7-5-14(10-18)17(19)20)13-6-8-16(21-4)12(3)9-13/h5-9,11H,1-4H3.